The van der Waals surface area contributed by atoms with E-state index in [4.69, 9.17) is 5.11 Å². The summed E-state index contributed by atoms with van der Waals surface area (Å²) in [5.74, 6) is -0.960. The maximum Gasteiger partial charge on any atom is 0.304 e. The predicted octanol–water partition coefficient (Wildman–Crippen LogP) is 1.55. The van der Waals surface area contributed by atoms with Gasteiger partial charge in [-0.15, -0.1) is 0 Å². The molecule has 0 amide bonds. The summed E-state index contributed by atoms with van der Waals surface area (Å²) in [6, 6.07) is 7.32. The van der Waals surface area contributed by atoms with Gasteiger partial charge in [0, 0.05) is 18.7 Å². The first-order valence-electron chi connectivity index (χ1n) is 5.27. The van der Waals surface area contributed by atoms with Crippen LogP contribution in [0.5, 0.6) is 0 Å². The number of carboxylic acid groups (broad SMARTS) is 1. The van der Waals surface area contributed by atoms with E-state index in [0.717, 1.165) is 12.0 Å². The van der Waals surface area contributed by atoms with Gasteiger partial charge >= 0.3 is 5.97 Å². The molecule has 3 nitrogen and oxygen atoms in total. The molecule has 0 spiro atoms. The molecule has 1 saturated heterocycles. The standard InChI is InChI=1S/C12H13FNO2/c13-10-3-1-2-8(4-10)9-5-11(14-7-9)6-12(15)16/h1-2,4,9,11,14H,5-7H2,(H,15,16)/t9-,11-/m0/s1. The molecule has 1 radical (unpaired) electrons. The van der Waals surface area contributed by atoms with E-state index in [1.165, 1.54) is 6.07 Å². The number of aliphatic carboxylic acids is 1. The third-order valence-corrected chi connectivity index (χ3v) is 2.90. The zero-order valence-corrected chi connectivity index (χ0v) is 8.74. The molecule has 1 heterocycles. The van der Waals surface area contributed by atoms with Crippen LogP contribution >= 0.6 is 0 Å². The lowest BCUT2D eigenvalue weighted by Gasteiger charge is -2.09. The molecule has 1 aliphatic rings. The molecular weight excluding hydrogens is 209 g/mol. The average molecular weight is 222 g/mol. The van der Waals surface area contributed by atoms with E-state index in [0.29, 0.717) is 6.54 Å². The summed E-state index contributed by atoms with van der Waals surface area (Å²) >= 11 is 0. The average Bonchev–Trinajstić information content (AvgIpc) is 2.65. The van der Waals surface area contributed by atoms with E-state index in [2.05, 4.69) is 11.4 Å². The summed E-state index contributed by atoms with van der Waals surface area (Å²) in [4.78, 5) is 10.5. The van der Waals surface area contributed by atoms with Crippen LogP contribution in [0.4, 0.5) is 4.39 Å². The fraction of sp³-hybridized carbons (Fsp3) is 0.417. The Morgan fingerprint density at radius 3 is 3.19 bits per heavy atom. The van der Waals surface area contributed by atoms with Gasteiger partial charge in [0.15, 0.2) is 0 Å². The second-order valence-corrected chi connectivity index (χ2v) is 4.11. The van der Waals surface area contributed by atoms with Crippen molar-refractivity contribution in [2.75, 3.05) is 6.54 Å². The lowest BCUT2D eigenvalue weighted by Crippen LogP contribution is -2.24. The molecule has 0 saturated carbocycles. The minimum absolute atomic E-state index is 0.00486. The van der Waals surface area contributed by atoms with Crippen molar-refractivity contribution in [3.63, 3.8) is 0 Å². The van der Waals surface area contributed by atoms with Gasteiger partial charge in [0.05, 0.1) is 6.42 Å². The molecular formula is C12H13FNO2. The summed E-state index contributed by atoms with van der Waals surface area (Å²) in [6.45, 7) is 0.710. The first-order chi connectivity index (χ1) is 7.65. The topological polar surface area (TPSA) is 49.3 Å². The van der Waals surface area contributed by atoms with Crippen molar-refractivity contribution in [3.05, 3.63) is 35.6 Å². The minimum Gasteiger partial charge on any atom is -0.481 e. The smallest absolute Gasteiger partial charge is 0.304 e. The Morgan fingerprint density at radius 1 is 1.69 bits per heavy atom. The molecule has 0 aliphatic carbocycles. The van der Waals surface area contributed by atoms with Gasteiger partial charge in [-0.2, -0.15) is 0 Å². The summed E-state index contributed by atoms with van der Waals surface area (Å²) in [6.07, 6.45) is 0.869. The highest BCUT2D eigenvalue weighted by atomic mass is 19.1. The predicted molar refractivity (Wildman–Crippen MR) is 56.6 cm³/mol. The number of nitrogens with one attached hydrogen (secondary N) is 1. The summed E-state index contributed by atoms with van der Waals surface area (Å²) in [5, 5.41) is 11.8. The number of rotatable bonds is 3. The SMILES string of the molecule is O=C(O)C[C@@H]1C[C@H](c2cc[c]c(F)c2)CN1. The maximum atomic E-state index is 13.0. The Morgan fingerprint density at radius 2 is 2.50 bits per heavy atom. The fourth-order valence-electron chi connectivity index (χ4n) is 2.15. The Labute approximate surface area is 93.3 Å². The zero-order chi connectivity index (χ0) is 11.5. The van der Waals surface area contributed by atoms with Gasteiger partial charge in [-0.05, 0) is 24.0 Å². The van der Waals surface area contributed by atoms with Gasteiger partial charge in [0.25, 0.3) is 0 Å². The Hall–Kier alpha value is -1.42. The molecule has 1 fully saturated rings. The van der Waals surface area contributed by atoms with Gasteiger partial charge in [-0.3, -0.25) is 4.79 Å². The van der Waals surface area contributed by atoms with E-state index in [9.17, 15) is 9.18 Å². The van der Waals surface area contributed by atoms with Crippen LogP contribution < -0.4 is 5.32 Å². The van der Waals surface area contributed by atoms with Crippen LogP contribution in [-0.4, -0.2) is 23.7 Å². The quantitative estimate of drug-likeness (QED) is 0.815. The third-order valence-electron chi connectivity index (χ3n) is 2.90. The largest absolute Gasteiger partial charge is 0.481 e. The monoisotopic (exact) mass is 222 g/mol. The van der Waals surface area contributed by atoms with E-state index in [1.54, 1.807) is 6.07 Å². The summed E-state index contributed by atoms with van der Waals surface area (Å²) < 4.78 is 13.0. The van der Waals surface area contributed by atoms with Crippen LogP contribution in [0.25, 0.3) is 0 Å². The van der Waals surface area contributed by atoms with E-state index < -0.39 is 5.97 Å². The van der Waals surface area contributed by atoms with Crippen LogP contribution in [0.15, 0.2) is 18.2 Å². The normalized spacial score (nSPS) is 24.6. The molecule has 2 atom stereocenters. The molecule has 1 aromatic rings. The summed E-state index contributed by atoms with van der Waals surface area (Å²) in [7, 11) is 0. The number of hydrogen-bond acceptors (Lipinski definition) is 2. The minimum atomic E-state index is -0.800. The molecule has 2 N–H and O–H groups in total. The fourth-order valence-corrected chi connectivity index (χ4v) is 2.15. The molecule has 4 heteroatoms. The van der Waals surface area contributed by atoms with Gasteiger partial charge in [0.2, 0.25) is 0 Å². The molecule has 1 aromatic carbocycles. The molecule has 1 aliphatic heterocycles. The van der Waals surface area contributed by atoms with Crippen LogP contribution in [0.3, 0.4) is 0 Å². The number of halogens is 1. The highest BCUT2D eigenvalue weighted by Gasteiger charge is 2.26. The van der Waals surface area contributed by atoms with Gasteiger partial charge in [0.1, 0.15) is 5.82 Å². The van der Waals surface area contributed by atoms with Crippen molar-refractivity contribution < 1.29 is 14.3 Å². The number of benzene rings is 1. The van der Waals surface area contributed by atoms with Crippen molar-refractivity contribution >= 4 is 5.97 Å². The molecule has 2 rings (SSSR count). The number of carboxylic acids is 1. The van der Waals surface area contributed by atoms with Crippen LogP contribution in [0, 0.1) is 11.9 Å². The maximum absolute atomic E-state index is 13.0. The van der Waals surface area contributed by atoms with Crippen molar-refractivity contribution in [3.8, 4) is 0 Å². The van der Waals surface area contributed by atoms with Gasteiger partial charge in [-0.25, -0.2) is 4.39 Å². The molecule has 85 valence electrons. The van der Waals surface area contributed by atoms with Crippen LogP contribution in [0.1, 0.15) is 24.3 Å². The second kappa shape index (κ2) is 4.61. The highest BCUT2D eigenvalue weighted by molar-refractivity contribution is 5.67. The zero-order valence-electron chi connectivity index (χ0n) is 8.74. The number of hydrogen-bond donors (Lipinski definition) is 2. The first-order valence-corrected chi connectivity index (χ1v) is 5.27. The molecule has 0 bridgehead atoms. The van der Waals surface area contributed by atoms with Crippen LogP contribution in [-0.2, 0) is 4.79 Å². The van der Waals surface area contributed by atoms with E-state index >= 15 is 0 Å². The van der Waals surface area contributed by atoms with Crippen molar-refractivity contribution in [2.45, 2.75) is 24.8 Å². The highest BCUT2D eigenvalue weighted by Crippen LogP contribution is 2.27. The Balaban J connectivity index is 2.00. The van der Waals surface area contributed by atoms with E-state index in [1.807, 2.05) is 6.07 Å². The van der Waals surface area contributed by atoms with Crippen LogP contribution in [0.2, 0.25) is 0 Å². The lowest BCUT2D eigenvalue weighted by molar-refractivity contribution is -0.137. The third kappa shape index (κ3) is 2.58. The summed E-state index contributed by atoms with van der Waals surface area (Å²) in [5.41, 5.74) is 0.914. The lowest BCUT2D eigenvalue weighted by atomic mass is 9.95. The van der Waals surface area contributed by atoms with Crippen molar-refractivity contribution in [2.24, 2.45) is 0 Å². The van der Waals surface area contributed by atoms with Crippen molar-refractivity contribution in [1.29, 1.82) is 0 Å². The first kappa shape index (κ1) is 11.1. The van der Waals surface area contributed by atoms with Gasteiger partial charge < -0.3 is 10.4 Å². The molecule has 16 heavy (non-hydrogen) atoms. The molecule has 0 unspecified atom stereocenters. The Bertz CT molecular complexity index is 394. The van der Waals surface area contributed by atoms with Gasteiger partial charge in [-0.1, -0.05) is 12.1 Å². The van der Waals surface area contributed by atoms with E-state index in [-0.39, 0.29) is 24.2 Å². The Kier molecular flexibility index (Phi) is 3.19. The van der Waals surface area contributed by atoms with Crippen molar-refractivity contribution in [1.82, 2.24) is 5.32 Å². The number of carbonyl (C=O) groups is 1. The second-order valence-electron chi connectivity index (χ2n) is 4.11. The molecule has 0 aromatic heterocycles.